The Hall–Kier alpha value is 0.410. The Morgan fingerprint density at radius 1 is 1.21 bits per heavy atom. The molecule has 0 amide bonds. The fourth-order valence-corrected chi connectivity index (χ4v) is 4.15. The molecule has 1 aromatic heterocycles. The molecule has 2 aromatic rings. The number of benzene rings is 1. The second-order valence-electron chi connectivity index (χ2n) is 3.83. The lowest BCUT2D eigenvalue weighted by molar-refractivity contribution is 0.805. The maximum absolute atomic E-state index is 6.09. The van der Waals surface area contributed by atoms with Crippen LogP contribution in [0.1, 0.15) is 10.9 Å². The van der Waals surface area contributed by atoms with Gasteiger partial charge in [-0.25, -0.2) is 0 Å². The number of nitrogens with two attached hydrogens (primary N) is 1. The topological polar surface area (TPSA) is 38.0 Å². The minimum absolute atomic E-state index is 0.0600. The molecule has 19 heavy (non-hydrogen) atoms. The minimum Gasteiger partial charge on any atom is -0.376 e. The zero-order valence-corrected chi connectivity index (χ0v) is 15.9. The molecule has 0 aliphatic carbocycles. The second-order valence-corrected chi connectivity index (χ2v) is 8.35. The molecule has 1 heterocycles. The molecule has 3 N–H and O–H groups in total. The summed E-state index contributed by atoms with van der Waals surface area (Å²) in [6.07, 6.45) is 0. The van der Waals surface area contributed by atoms with Gasteiger partial charge in [-0.15, -0.1) is 11.3 Å². The van der Waals surface area contributed by atoms with Gasteiger partial charge in [-0.05, 0) is 72.1 Å². The molecule has 1 unspecified atom stereocenters. The number of anilines is 1. The van der Waals surface area contributed by atoms with E-state index in [4.69, 9.17) is 17.3 Å². The van der Waals surface area contributed by atoms with Crippen molar-refractivity contribution < 1.29 is 0 Å². The predicted molar refractivity (Wildman–Crippen MR) is 94.3 cm³/mol. The van der Waals surface area contributed by atoms with Gasteiger partial charge in [0.25, 0.3) is 0 Å². The summed E-state index contributed by atoms with van der Waals surface area (Å²) in [6, 6.07) is 7.89. The van der Waals surface area contributed by atoms with E-state index in [-0.39, 0.29) is 6.04 Å². The summed E-state index contributed by atoms with van der Waals surface area (Å²) in [6.45, 7) is 0.507. The van der Waals surface area contributed by atoms with E-state index in [2.05, 4.69) is 59.2 Å². The van der Waals surface area contributed by atoms with Gasteiger partial charge in [0, 0.05) is 26.1 Å². The number of nitrogens with one attached hydrogen (secondary N) is 1. The fourth-order valence-electron chi connectivity index (χ4n) is 1.57. The van der Waals surface area contributed by atoms with Crippen LogP contribution in [0.15, 0.2) is 37.0 Å². The molecule has 0 fully saturated rings. The zero-order chi connectivity index (χ0) is 14.0. The van der Waals surface area contributed by atoms with Crippen molar-refractivity contribution in [3.63, 3.8) is 0 Å². The van der Waals surface area contributed by atoms with E-state index in [9.17, 15) is 0 Å². The van der Waals surface area contributed by atoms with E-state index in [0.29, 0.717) is 11.6 Å². The Kier molecular flexibility index (Phi) is 5.75. The summed E-state index contributed by atoms with van der Waals surface area (Å²) in [5.74, 6) is 0. The van der Waals surface area contributed by atoms with Crippen LogP contribution >= 0.6 is 70.7 Å². The first-order chi connectivity index (χ1) is 9.01. The average Bonchev–Trinajstić information content (AvgIpc) is 2.71. The van der Waals surface area contributed by atoms with E-state index in [1.54, 1.807) is 11.3 Å². The van der Waals surface area contributed by atoms with Gasteiger partial charge in [0.05, 0.1) is 14.9 Å². The van der Waals surface area contributed by atoms with E-state index in [1.807, 2.05) is 18.2 Å². The quantitative estimate of drug-likeness (QED) is 0.570. The summed E-state index contributed by atoms with van der Waals surface area (Å²) in [5.41, 5.74) is 6.80. The number of hydrogen-bond acceptors (Lipinski definition) is 3. The minimum atomic E-state index is 0.0600. The van der Waals surface area contributed by atoms with E-state index in [0.717, 1.165) is 18.4 Å². The van der Waals surface area contributed by atoms with Crippen molar-refractivity contribution >= 4 is 76.4 Å². The van der Waals surface area contributed by atoms with Gasteiger partial charge in [0.1, 0.15) is 0 Å². The average molecular weight is 489 g/mol. The van der Waals surface area contributed by atoms with Crippen molar-refractivity contribution in [2.75, 3.05) is 11.9 Å². The Labute approximate surface area is 146 Å². The monoisotopic (exact) mass is 486 g/mol. The van der Waals surface area contributed by atoms with Gasteiger partial charge in [0.2, 0.25) is 0 Å². The summed E-state index contributed by atoms with van der Waals surface area (Å²) in [5, 5.41) is 4.07. The van der Waals surface area contributed by atoms with Gasteiger partial charge in [0.15, 0.2) is 0 Å². The van der Waals surface area contributed by atoms with Crippen molar-refractivity contribution in [3.05, 3.63) is 46.9 Å². The second kappa shape index (κ2) is 6.91. The van der Waals surface area contributed by atoms with Crippen LogP contribution in [0.5, 0.6) is 0 Å². The molecule has 0 aliphatic rings. The standard InChI is InChI=1S/C12H10Br3ClN2S/c13-7-2-1-6(3-9(7)16)18-10(5-17)11-4-8(14)12(15)19-11/h1-4,10,18H,5,17H2. The number of hydrogen-bond donors (Lipinski definition) is 2. The third-order valence-electron chi connectivity index (χ3n) is 2.50. The van der Waals surface area contributed by atoms with E-state index < -0.39 is 0 Å². The lowest BCUT2D eigenvalue weighted by Crippen LogP contribution is -2.19. The van der Waals surface area contributed by atoms with Crippen molar-refractivity contribution in [1.29, 1.82) is 0 Å². The molecule has 0 spiro atoms. The lowest BCUT2D eigenvalue weighted by Gasteiger charge is -2.17. The first-order valence-corrected chi connectivity index (χ1v) is 8.95. The first-order valence-electron chi connectivity index (χ1n) is 5.37. The van der Waals surface area contributed by atoms with Crippen molar-refractivity contribution in [1.82, 2.24) is 0 Å². The van der Waals surface area contributed by atoms with Crippen LogP contribution in [-0.2, 0) is 0 Å². The van der Waals surface area contributed by atoms with Crippen LogP contribution < -0.4 is 11.1 Å². The third-order valence-corrected chi connectivity index (χ3v) is 7.11. The highest BCUT2D eigenvalue weighted by Gasteiger charge is 2.14. The largest absolute Gasteiger partial charge is 0.376 e. The van der Waals surface area contributed by atoms with Crippen molar-refractivity contribution in [3.8, 4) is 0 Å². The summed E-state index contributed by atoms with van der Waals surface area (Å²) < 4.78 is 2.99. The smallest absolute Gasteiger partial charge is 0.0844 e. The Bertz CT molecular complexity index is 569. The predicted octanol–water partition coefficient (Wildman–Crippen LogP) is 5.80. The molecule has 7 heteroatoms. The van der Waals surface area contributed by atoms with Gasteiger partial charge in [-0.1, -0.05) is 11.6 Å². The number of halogens is 4. The highest BCUT2D eigenvalue weighted by molar-refractivity contribution is 9.13. The Morgan fingerprint density at radius 2 is 1.95 bits per heavy atom. The van der Waals surface area contributed by atoms with Crippen LogP contribution in [0, 0.1) is 0 Å². The molecule has 1 atom stereocenters. The molecule has 0 aliphatic heterocycles. The summed E-state index contributed by atoms with van der Waals surface area (Å²) in [7, 11) is 0. The van der Waals surface area contributed by atoms with Gasteiger partial charge >= 0.3 is 0 Å². The summed E-state index contributed by atoms with van der Waals surface area (Å²) >= 11 is 18.1. The van der Waals surface area contributed by atoms with Crippen molar-refractivity contribution in [2.24, 2.45) is 5.73 Å². The van der Waals surface area contributed by atoms with Gasteiger partial charge in [-0.3, -0.25) is 0 Å². The van der Waals surface area contributed by atoms with Crippen LogP contribution in [0.4, 0.5) is 5.69 Å². The lowest BCUT2D eigenvalue weighted by atomic mass is 10.2. The molecule has 0 bridgehead atoms. The van der Waals surface area contributed by atoms with Gasteiger partial charge < -0.3 is 11.1 Å². The molecule has 0 saturated heterocycles. The Morgan fingerprint density at radius 3 is 2.47 bits per heavy atom. The zero-order valence-electron chi connectivity index (χ0n) is 9.59. The van der Waals surface area contributed by atoms with E-state index >= 15 is 0 Å². The highest BCUT2D eigenvalue weighted by atomic mass is 79.9. The van der Waals surface area contributed by atoms with Crippen LogP contribution in [0.25, 0.3) is 0 Å². The molecule has 0 radical (unpaired) electrons. The normalized spacial score (nSPS) is 12.5. The third kappa shape index (κ3) is 3.95. The molecular formula is C12H10Br3ClN2S. The Balaban J connectivity index is 2.21. The number of rotatable bonds is 4. The maximum atomic E-state index is 6.09. The molecule has 1 aromatic carbocycles. The first kappa shape index (κ1) is 15.8. The molecule has 2 nitrogen and oxygen atoms in total. The van der Waals surface area contributed by atoms with Gasteiger partial charge in [-0.2, -0.15) is 0 Å². The van der Waals surface area contributed by atoms with Crippen molar-refractivity contribution in [2.45, 2.75) is 6.04 Å². The fraction of sp³-hybridized carbons (Fsp3) is 0.167. The highest BCUT2D eigenvalue weighted by Crippen LogP contribution is 2.36. The van der Waals surface area contributed by atoms with E-state index in [1.165, 1.54) is 4.88 Å². The molecule has 2 rings (SSSR count). The maximum Gasteiger partial charge on any atom is 0.0844 e. The number of thiophene rings is 1. The van der Waals surface area contributed by atoms with Crippen LogP contribution in [-0.4, -0.2) is 6.54 Å². The van der Waals surface area contributed by atoms with Crippen LogP contribution in [0.3, 0.4) is 0 Å². The SMILES string of the molecule is NCC(Nc1ccc(Br)c(Cl)c1)c1cc(Br)c(Br)s1. The molecule has 102 valence electrons. The van der Waals surface area contributed by atoms with Crippen LogP contribution in [0.2, 0.25) is 5.02 Å². The molecular weight excluding hydrogens is 479 g/mol. The molecule has 0 saturated carbocycles. The summed E-state index contributed by atoms with van der Waals surface area (Å²) in [4.78, 5) is 1.17.